The second kappa shape index (κ2) is 8.65. The summed E-state index contributed by atoms with van der Waals surface area (Å²) < 4.78 is 6.81. The average molecular weight is 406 g/mol. The zero-order valence-corrected chi connectivity index (χ0v) is 17.4. The minimum atomic E-state index is -0.249. The van der Waals surface area contributed by atoms with Crippen molar-refractivity contribution in [3.8, 4) is 11.1 Å². The van der Waals surface area contributed by atoms with Crippen molar-refractivity contribution in [3.63, 3.8) is 0 Å². The SMILES string of the molecule is CCOC(=O)C1CCCN(C(=O)Cn2nc(C)c3c(-c4ccccc4)ccnc32)C1. The van der Waals surface area contributed by atoms with E-state index in [1.165, 1.54) is 0 Å². The summed E-state index contributed by atoms with van der Waals surface area (Å²) >= 11 is 0. The molecular weight excluding hydrogens is 380 g/mol. The van der Waals surface area contributed by atoms with Crippen LogP contribution in [-0.2, 0) is 20.9 Å². The number of benzene rings is 1. The lowest BCUT2D eigenvalue weighted by molar-refractivity contribution is -0.151. The number of hydrogen-bond acceptors (Lipinski definition) is 5. The van der Waals surface area contributed by atoms with Crippen LogP contribution in [-0.4, -0.2) is 51.2 Å². The van der Waals surface area contributed by atoms with Crippen LogP contribution in [0.2, 0.25) is 0 Å². The predicted octanol–water partition coefficient (Wildman–Crippen LogP) is 3.21. The summed E-state index contributed by atoms with van der Waals surface area (Å²) in [6.07, 6.45) is 3.31. The molecule has 2 aromatic heterocycles. The second-order valence-electron chi connectivity index (χ2n) is 7.60. The second-order valence-corrected chi connectivity index (χ2v) is 7.60. The van der Waals surface area contributed by atoms with Crippen LogP contribution in [0, 0.1) is 12.8 Å². The Morgan fingerprint density at radius 2 is 2.00 bits per heavy atom. The summed E-state index contributed by atoms with van der Waals surface area (Å²) in [6.45, 7) is 5.25. The topological polar surface area (TPSA) is 77.3 Å². The van der Waals surface area contributed by atoms with Crippen LogP contribution >= 0.6 is 0 Å². The standard InChI is InChI=1S/C23H26N4O3/c1-3-30-23(29)18-10-7-13-26(14-18)20(28)15-27-22-21(16(2)25-27)19(11-12-24-22)17-8-5-4-6-9-17/h4-6,8-9,11-12,18H,3,7,10,13-15H2,1-2H3. The molecule has 0 aliphatic carbocycles. The molecule has 0 radical (unpaired) electrons. The van der Waals surface area contributed by atoms with Crippen LogP contribution in [0.15, 0.2) is 42.6 Å². The van der Waals surface area contributed by atoms with Gasteiger partial charge in [-0.1, -0.05) is 30.3 Å². The first-order valence-corrected chi connectivity index (χ1v) is 10.4. The maximum Gasteiger partial charge on any atom is 0.310 e. The number of likely N-dealkylation sites (tertiary alicyclic amines) is 1. The highest BCUT2D eigenvalue weighted by Gasteiger charge is 2.29. The first-order valence-electron chi connectivity index (χ1n) is 10.4. The van der Waals surface area contributed by atoms with Gasteiger partial charge in [0.25, 0.3) is 0 Å². The van der Waals surface area contributed by atoms with Crippen LogP contribution in [0.5, 0.6) is 0 Å². The Hall–Kier alpha value is -3.22. The highest BCUT2D eigenvalue weighted by molar-refractivity contribution is 5.95. The van der Waals surface area contributed by atoms with Crippen molar-refractivity contribution in [1.82, 2.24) is 19.7 Å². The third kappa shape index (κ3) is 3.92. The summed E-state index contributed by atoms with van der Waals surface area (Å²) in [5.74, 6) is -0.522. The molecule has 3 heterocycles. The largest absolute Gasteiger partial charge is 0.466 e. The molecule has 1 aliphatic rings. The van der Waals surface area contributed by atoms with Crippen LogP contribution in [0.4, 0.5) is 0 Å². The van der Waals surface area contributed by atoms with Crippen molar-refractivity contribution >= 4 is 22.9 Å². The number of aromatic nitrogens is 3. The van der Waals surface area contributed by atoms with Gasteiger partial charge in [0.05, 0.1) is 18.2 Å². The van der Waals surface area contributed by atoms with Gasteiger partial charge in [-0.2, -0.15) is 5.10 Å². The molecule has 30 heavy (non-hydrogen) atoms. The van der Waals surface area contributed by atoms with Crippen LogP contribution in [0.3, 0.4) is 0 Å². The van der Waals surface area contributed by atoms with E-state index in [1.807, 2.05) is 31.2 Å². The van der Waals surface area contributed by atoms with Gasteiger partial charge in [-0.3, -0.25) is 9.59 Å². The number of carbonyl (C=O) groups is 2. The van der Waals surface area contributed by atoms with Crippen molar-refractivity contribution < 1.29 is 14.3 Å². The molecule has 0 N–H and O–H groups in total. The fourth-order valence-corrected chi connectivity index (χ4v) is 4.13. The summed E-state index contributed by atoms with van der Waals surface area (Å²) in [6, 6.07) is 12.1. The van der Waals surface area contributed by atoms with Gasteiger partial charge in [-0.25, -0.2) is 9.67 Å². The smallest absolute Gasteiger partial charge is 0.310 e. The number of hydrogen-bond donors (Lipinski definition) is 0. The van der Waals surface area contributed by atoms with E-state index in [4.69, 9.17) is 4.74 Å². The zero-order chi connectivity index (χ0) is 21.1. The Morgan fingerprint density at radius 1 is 1.20 bits per heavy atom. The molecule has 3 aromatic rings. The van der Waals surface area contributed by atoms with Gasteiger partial charge in [-0.05, 0) is 43.9 Å². The van der Waals surface area contributed by atoms with E-state index in [-0.39, 0.29) is 24.3 Å². The van der Waals surface area contributed by atoms with Gasteiger partial charge in [-0.15, -0.1) is 0 Å². The quantitative estimate of drug-likeness (QED) is 0.608. The van der Waals surface area contributed by atoms with Crippen molar-refractivity contribution in [3.05, 3.63) is 48.3 Å². The van der Waals surface area contributed by atoms with Gasteiger partial charge in [0.15, 0.2) is 5.65 Å². The van der Waals surface area contributed by atoms with E-state index in [9.17, 15) is 9.59 Å². The summed E-state index contributed by atoms with van der Waals surface area (Å²) in [4.78, 5) is 31.3. The number of aryl methyl sites for hydroxylation is 1. The molecule has 7 nitrogen and oxygen atoms in total. The Bertz CT molecular complexity index is 1060. The Balaban J connectivity index is 1.57. The monoisotopic (exact) mass is 406 g/mol. The normalized spacial score (nSPS) is 16.6. The van der Waals surface area contributed by atoms with Crippen molar-refractivity contribution in [2.24, 2.45) is 5.92 Å². The molecule has 1 aromatic carbocycles. The molecule has 1 unspecified atom stereocenters. The number of pyridine rings is 1. The van der Waals surface area contributed by atoms with E-state index in [2.05, 4.69) is 22.2 Å². The lowest BCUT2D eigenvalue weighted by Gasteiger charge is -2.31. The number of amides is 1. The average Bonchev–Trinajstić information content (AvgIpc) is 3.10. The van der Waals surface area contributed by atoms with E-state index < -0.39 is 0 Å². The Kier molecular flexibility index (Phi) is 5.79. The summed E-state index contributed by atoms with van der Waals surface area (Å²) in [5, 5.41) is 5.57. The lowest BCUT2D eigenvalue weighted by atomic mass is 9.98. The summed E-state index contributed by atoms with van der Waals surface area (Å²) in [5.41, 5.74) is 3.68. The fraction of sp³-hybridized carbons (Fsp3) is 0.391. The minimum Gasteiger partial charge on any atom is -0.466 e. The van der Waals surface area contributed by atoms with E-state index in [0.717, 1.165) is 35.0 Å². The highest BCUT2D eigenvalue weighted by atomic mass is 16.5. The number of ether oxygens (including phenoxy) is 1. The number of rotatable bonds is 5. The number of esters is 1. The maximum atomic E-state index is 13.0. The van der Waals surface area contributed by atoms with E-state index in [1.54, 1.807) is 22.7 Å². The van der Waals surface area contributed by atoms with Crippen molar-refractivity contribution in [2.45, 2.75) is 33.2 Å². The Labute approximate surface area is 175 Å². The zero-order valence-electron chi connectivity index (χ0n) is 17.4. The third-order valence-corrected chi connectivity index (χ3v) is 5.57. The van der Waals surface area contributed by atoms with Gasteiger partial charge >= 0.3 is 5.97 Å². The number of fused-ring (bicyclic) bond motifs is 1. The molecule has 1 saturated heterocycles. The van der Waals surface area contributed by atoms with E-state index >= 15 is 0 Å². The van der Waals surface area contributed by atoms with Gasteiger partial charge in [0, 0.05) is 24.7 Å². The molecule has 0 spiro atoms. The minimum absolute atomic E-state index is 0.0553. The number of piperidine rings is 1. The third-order valence-electron chi connectivity index (χ3n) is 5.57. The fourth-order valence-electron chi connectivity index (χ4n) is 4.13. The first kappa shape index (κ1) is 20.1. The molecule has 0 saturated carbocycles. The van der Waals surface area contributed by atoms with Gasteiger partial charge < -0.3 is 9.64 Å². The van der Waals surface area contributed by atoms with E-state index in [0.29, 0.717) is 25.3 Å². The molecule has 4 rings (SSSR count). The van der Waals surface area contributed by atoms with Crippen LogP contribution in [0.25, 0.3) is 22.2 Å². The first-order chi connectivity index (χ1) is 14.6. The van der Waals surface area contributed by atoms with Gasteiger partial charge in [0.1, 0.15) is 6.54 Å². The summed E-state index contributed by atoms with van der Waals surface area (Å²) in [7, 11) is 0. The molecule has 1 aliphatic heterocycles. The molecule has 156 valence electrons. The maximum absolute atomic E-state index is 13.0. The number of nitrogens with zero attached hydrogens (tertiary/aromatic N) is 4. The molecular formula is C23H26N4O3. The predicted molar refractivity (Wildman–Crippen MR) is 114 cm³/mol. The molecule has 1 amide bonds. The van der Waals surface area contributed by atoms with Gasteiger partial charge in [0.2, 0.25) is 5.91 Å². The van der Waals surface area contributed by atoms with Crippen LogP contribution < -0.4 is 0 Å². The lowest BCUT2D eigenvalue weighted by Crippen LogP contribution is -2.44. The molecule has 1 fully saturated rings. The Morgan fingerprint density at radius 3 is 2.77 bits per heavy atom. The van der Waals surface area contributed by atoms with Crippen molar-refractivity contribution in [2.75, 3.05) is 19.7 Å². The highest BCUT2D eigenvalue weighted by Crippen LogP contribution is 2.29. The molecule has 0 bridgehead atoms. The molecule has 1 atom stereocenters. The van der Waals surface area contributed by atoms with Crippen LogP contribution in [0.1, 0.15) is 25.5 Å². The molecule has 7 heteroatoms. The van der Waals surface area contributed by atoms with Crippen molar-refractivity contribution in [1.29, 1.82) is 0 Å². The number of carbonyl (C=O) groups excluding carboxylic acids is 2.